The van der Waals surface area contributed by atoms with E-state index in [9.17, 15) is 24.3 Å². The van der Waals surface area contributed by atoms with Gasteiger partial charge in [-0.25, -0.2) is 20.2 Å². The number of methoxy groups -OCH3 is 1. The maximum absolute atomic E-state index is 14.4. The summed E-state index contributed by atoms with van der Waals surface area (Å²) in [6.07, 6.45) is 0.0756. The van der Waals surface area contributed by atoms with Crippen LogP contribution in [0.25, 0.3) is 11.3 Å². The molecule has 328 valence electrons. The normalized spacial score (nSPS) is 36.4. The number of benzene rings is 1. The smallest absolute Gasteiger partial charge is 0.425 e. The molecule has 0 bridgehead atoms. The number of imidazole rings is 1. The first-order valence-corrected chi connectivity index (χ1v) is 20.9. The van der Waals surface area contributed by atoms with E-state index in [0.29, 0.717) is 25.9 Å². The molecule has 0 saturated carbocycles. The summed E-state index contributed by atoms with van der Waals surface area (Å²) < 4.78 is 33.0. The topological polar surface area (TPSA) is 183 Å². The molecular formula is C43H66N6O10. The van der Waals surface area contributed by atoms with E-state index < -0.39 is 83.5 Å². The number of fused-ring (bicyclic) bond motifs is 1. The van der Waals surface area contributed by atoms with Gasteiger partial charge in [0.1, 0.15) is 24.2 Å². The summed E-state index contributed by atoms with van der Waals surface area (Å²) in [6, 6.07) is 8.06. The molecule has 3 N–H and O–H groups in total. The molecule has 13 atom stereocenters. The summed E-state index contributed by atoms with van der Waals surface area (Å²) >= 11 is 0. The highest BCUT2D eigenvalue weighted by atomic mass is 16.7. The predicted molar refractivity (Wildman–Crippen MR) is 218 cm³/mol. The number of aryl methyl sites for hydroxylation is 1. The van der Waals surface area contributed by atoms with Gasteiger partial charge < -0.3 is 43.6 Å². The molecule has 3 saturated heterocycles. The molecule has 0 aliphatic carbocycles. The highest BCUT2D eigenvalue weighted by molar-refractivity contribution is 6.00. The van der Waals surface area contributed by atoms with Crippen LogP contribution in [0.4, 0.5) is 4.79 Å². The summed E-state index contributed by atoms with van der Waals surface area (Å²) in [4.78, 5) is 62.7. The van der Waals surface area contributed by atoms with Gasteiger partial charge in [-0.3, -0.25) is 14.4 Å². The van der Waals surface area contributed by atoms with Gasteiger partial charge >= 0.3 is 12.1 Å². The molecule has 3 fully saturated rings. The summed E-state index contributed by atoms with van der Waals surface area (Å²) in [7, 11) is 5.21. The van der Waals surface area contributed by atoms with Crippen molar-refractivity contribution >= 4 is 23.8 Å². The van der Waals surface area contributed by atoms with Crippen molar-refractivity contribution in [3.05, 3.63) is 42.9 Å². The number of Topliss-reactive ketones (excluding diaryl/α,β-unsaturated/α-hetero) is 1. The Bertz CT molecular complexity index is 1760. The maximum Gasteiger partial charge on any atom is 0.425 e. The number of aliphatic hydroxyl groups is 1. The van der Waals surface area contributed by atoms with Gasteiger partial charge in [-0.15, -0.1) is 0 Å². The number of nitrogens with one attached hydrogen (secondary N) is 2. The molecule has 0 radical (unpaired) electrons. The van der Waals surface area contributed by atoms with E-state index in [-0.39, 0.29) is 30.9 Å². The van der Waals surface area contributed by atoms with Crippen molar-refractivity contribution in [3.8, 4) is 11.3 Å². The molecule has 1 aromatic carbocycles. The Kier molecular flexibility index (Phi) is 15.0. The lowest BCUT2D eigenvalue weighted by atomic mass is 9.78. The third-order valence-corrected chi connectivity index (χ3v) is 12.5. The van der Waals surface area contributed by atoms with Gasteiger partial charge in [0, 0.05) is 49.8 Å². The van der Waals surface area contributed by atoms with Crippen LogP contribution in [0, 0.1) is 17.8 Å². The highest BCUT2D eigenvalue weighted by Gasteiger charge is 2.59. The first-order chi connectivity index (χ1) is 27.8. The number of ketones is 1. The first kappa shape index (κ1) is 46.1. The van der Waals surface area contributed by atoms with Gasteiger partial charge in [-0.2, -0.15) is 0 Å². The van der Waals surface area contributed by atoms with Crippen molar-refractivity contribution in [3.63, 3.8) is 0 Å². The third kappa shape index (κ3) is 10.0. The number of aromatic nitrogens is 2. The van der Waals surface area contributed by atoms with E-state index in [1.165, 1.54) is 19.0 Å². The molecule has 4 heterocycles. The van der Waals surface area contributed by atoms with Crippen LogP contribution in [0.3, 0.4) is 0 Å². The number of hydrogen-bond acceptors (Lipinski definition) is 13. The number of hydrogen-bond donors (Lipinski definition) is 3. The monoisotopic (exact) mass is 826 g/mol. The van der Waals surface area contributed by atoms with Gasteiger partial charge in [-0.1, -0.05) is 51.1 Å². The van der Waals surface area contributed by atoms with Crippen molar-refractivity contribution in [2.75, 3.05) is 27.7 Å². The van der Waals surface area contributed by atoms with Crippen LogP contribution in [0.5, 0.6) is 0 Å². The molecule has 5 rings (SSSR count). The molecule has 59 heavy (non-hydrogen) atoms. The Labute approximate surface area is 348 Å². The van der Waals surface area contributed by atoms with Crippen molar-refractivity contribution < 1.29 is 48.0 Å². The largest absolute Gasteiger partial charge is 0.457 e. The molecular weight excluding hydrogens is 761 g/mol. The fourth-order valence-corrected chi connectivity index (χ4v) is 9.07. The lowest BCUT2D eigenvalue weighted by Crippen LogP contribution is -2.63. The number of likely N-dealkylation sites (N-methyl/N-ethyl adjacent to an activating group) is 1. The quantitative estimate of drug-likeness (QED) is 0.169. The third-order valence-electron chi connectivity index (χ3n) is 12.5. The molecule has 2 aromatic rings. The second kappa shape index (κ2) is 19.2. The Hall–Kier alpha value is -3.93. The average Bonchev–Trinajstić information content (AvgIpc) is 3.78. The van der Waals surface area contributed by atoms with Gasteiger partial charge in [0.05, 0.1) is 35.9 Å². The number of rotatable bonds is 11. The van der Waals surface area contributed by atoms with E-state index in [1.54, 1.807) is 47.9 Å². The van der Waals surface area contributed by atoms with Crippen LogP contribution < -0.4 is 10.7 Å². The van der Waals surface area contributed by atoms with Crippen LogP contribution in [0.1, 0.15) is 81.1 Å². The summed E-state index contributed by atoms with van der Waals surface area (Å²) in [5.74, 6) is -4.53. The van der Waals surface area contributed by atoms with Gasteiger partial charge in [0.25, 0.3) is 0 Å². The molecule has 3 aliphatic rings. The molecule has 3 aliphatic heterocycles. The SMILES string of the molecule is CC[C@H]1OC(=O)[C@H](C)C(=O)[C@H](C)[C@H](O[C@@H]2O[C@H](C)C[C@H](N(C)C)[C@H]2O)[C@@](C)(OC)C[C@@H](C)C(=O)NC(C)[C@H]2N(NCCCn3cnc(-c4ccccc4)c3)C(=O)O[C@]12C. The van der Waals surface area contributed by atoms with E-state index in [4.69, 9.17) is 23.7 Å². The van der Waals surface area contributed by atoms with Crippen LogP contribution in [0.2, 0.25) is 0 Å². The number of aliphatic hydroxyl groups excluding tert-OH is 1. The zero-order chi connectivity index (χ0) is 43.4. The molecule has 1 unspecified atom stereocenters. The number of carbonyl (C=O) groups is 4. The van der Waals surface area contributed by atoms with Gasteiger partial charge in [0.15, 0.2) is 17.7 Å². The molecule has 16 heteroatoms. The Balaban J connectivity index is 1.41. The zero-order valence-electron chi connectivity index (χ0n) is 36.5. The van der Waals surface area contributed by atoms with E-state index >= 15 is 0 Å². The minimum Gasteiger partial charge on any atom is -0.457 e. The Morgan fingerprint density at radius 2 is 1.76 bits per heavy atom. The van der Waals surface area contributed by atoms with Crippen molar-refractivity contribution in [2.24, 2.45) is 17.8 Å². The first-order valence-electron chi connectivity index (χ1n) is 20.9. The highest BCUT2D eigenvalue weighted by Crippen LogP contribution is 2.39. The fourth-order valence-electron chi connectivity index (χ4n) is 9.07. The van der Waals surface area contributed by atoms with Crippen LogP contribution >= 0.6 is 0 Å². The predicted octanol–water partition coefficient (Wildman–Crippen LogP) is 3.95. The number of carbonyl (C=O) groups excluding carboxylic acids is 4. The number of ether oxygens (including phenoxy) is 5. The fraction of sp³-hybridized carbons (Fsp3) is 0.698. The average molecular weight is 827 g/mol. The van der Waals surface area contributed by atoms with Crippen LogP contribution in [0.15, 0.2) is 42.9 Å². The van der Waals surface area contributed by atoms with Crippen molar-refractivity contribution in [1.82, 2.24) is 30.2 Å². The van der Waals surface area contributed by atoms with Gasteiger partial charge in [0.2, 0.25) is 5.91 Å². The second-order valence-corrected chi connectivity index (χ2v) is 17.3. The Morgan fingerprint density at radius 3 is 2.41 bits per heavy atom. The molecule has 2 amide bonds. The number of esters is 1. The number of cyclic esters (lactones) is 1. The molecule has 0 spiro atoms. The van der Waals surface area contributed by atoms with E-state index in [2.05, 4.69) is 15.7 Å². The van der Waals surface area contributed by atoms with Crippen molar-refractivity contribution in [1.29, 1.82) is 0 Å². The summed E-state index contributed by atoms with van der Waals surface area (Å²) in [6.45, 7) is 14.8. The van der Waals surface area contributed by atoms with Crippen molar-refractivity contribution in [2.45, 2.75) is 148 Å². The van der Waals surface area contributed by atoms with E-state index in [0.717, 1.165) is 11.3 Å². The lowest BCUT2D eigenvalue weighted by Gasteiger charge is -2.46. The second-order valence-electron chi connectivity index (χ2n) is 17.3. The molecule has 16 nitrogen and oxygen atoms in total. The number of nitrogens with zero attached hydrogens (tertiary/aromatic N) is 4. The van der Waals surface area contributed by atoms with Gasteiger partial charge in [-0.05, 0) is 74.4 Å². The Morgan fingerprint density at radius 1 is 1.07 bits per heavy atom. The number of amides is 2. The minimum absolute atomic E-state index is 0.0931. The molecule has 1 aromatic heterocycles. The zero-order valence-corrected chi connectivity index (χ0v) is 36.5. The standard InChI is InChI=1S/C43H66N6O10/c1-12-33-43(8)36(49(41(54)59-43)45-19-16-20-48-23-31(44-24-48)30-17-14-13-15-18-30)29(6)46-38(52)25(2)22-42(7,55-11)37(27(4)34(50)28(5)39(53)57-33)58-40-35(51)32(47(9)10)21-26(3)56-40/h13-15,17-18,23-29,32-33,35-37,40,45,51H,12,16,19-22H2,1-11H3,(H,46,52)/t25-,26-,27+,28-,29?,32+,33-,35-,36-,37+,40+,42+,43-/m1/s1. The van der Waals surface area contributed by atoms with E-state index in [1.807, 2.05) is 67.0 Å². The van der Waals surface area contributed by atoms with Crippen LogP contribution in [-0.2, 0) is 44.6 Å². The lowest BCUT2D eigenvalue weighted by molar-refractivity contribution is -0.295. The summed E-state index contributed by atoms with van der Waals surface area (Å²) in [5.41, 5.74) is 2.38. The minimum atomic E-state index is -1.44. The summed E-state index contributed by atoms with van der Waals surface area (Å²) in [5, 5.41) is 15.9. The number of hydrazine groups is 1. The van der Waals surface area contributed by atoms with Crippen LogP contribution in [-0.4, -0.2) is 136 Å². The maximum atomic E-state index is 14.4.